The first-order chi connectivity index (χ1) is 14.7. The van der Waals surface area contributed by atoms with Gasteiger partial charge < -0.3 is 15.0 Å². The van der Waals surface area contributed by atoms with Crippen molar-refractivity contribution in [2.24, 2.45) is 5.92 Å². The summed E-state index contributed by atoms with van der Waals surface area (Å²) in [6, 6.07) is 5.01. The fourth-order valence-corrected chi connectivity index (χ4v) is 5.03. The Morgan fingerprint density at radius 3 is 2.68 bits per heavy atom. The topological polar surface area (TPSA) is 126 Å². The van der Waals surface area contributed by atoms with Crippen LogP contribution in [0.5, 0.6) is 5.75 Å². The molecule has 3 N–H and O–H groups in total. The lowest BCUT2D eigenvalue weighted by Gasteiger charge is -2.14. The maximum atomic E-state index is 12.6. The van der Waals surface area contributed by atoms with Gasteiger partial charge >= 0.3 is 6.03 Å². The van der Waals surface area contributed by atoms with Gasteiger partial charge in [-0.25, -0.2) is 23.2 Å². The largest absolute Gasteiger partial charge is 0.491 e. The number of hydrogen-bond donors (Lipinski definition) is 3. The second kappa shape index (κ2) is 9.48. The summed E-state index contributed by atoms with van der Waals surface area (Å²) in [5.74, 6) is 0.928. The van der Waals surface area contributed by atoms with Gasteiger partial charge in [-0.2, -0.15) is 0 Å². The van der Waals surface area contributed by atoms with E-state index in [1.807, 2.05) is 32.9 Å². The normalized spacial score (nSPS) is 12.5. The number of carbonyl (C=O) groups is 1. The van der Waals surface area contributed by atoms with Crippen molar-refractivity contribution in [2.45, 2.75) is 38.1 Å². The summed E-state index contributed by atoms with van der Waals surface area (Å²) in [6.07, 6.45) is 4.27. The number of urea groups is 1. The third-order valence-electron chi connectivity index (χ3n) is 4.31. The number of nitrogens with zero attached hydrogens (tertiary/aromatic N) is 2. The summed E-state index contributed by atoms with van der Waals surface area (Å²) >= 11 is 1.09. The molecule has 0 aliphatic carbocycles. The SMILES string of the molecule is Cc1ccc(NC(=O)Nc2ncc(C(C)S(=O)(=O)c3ncc[nH]3)s2)c(OCC(C)C)c1. The maximum Gasteiger partial charge on any atom is 0.325 e. The number of H-pyrrole nitrogens is 1. The molecular weight excluding hydrogens is 438 g/mol. The van der Waals surface area contributed by atoms with E-state index in [2.05, 4.69) is 25.6 Å². The molecule has 3 rings (SSSR count). The van der Waals surface area contributed by atoms with Crippen molar-refractivity contribution in [3.05, 3.63) is 47.2 Å². The van der Waals surface area contributed by atoms with E-state index in [9.17, 15) is 13.2 Å². The molecule has 31 heavy (non-hydrogen) atoms. The molecule has 0 aliphatic heterocycles. The number of rotatable bonds is 8. The minimum atomic E-state index is -3.68. The molecule has 0 fully saturated rings. The average molecular weight is 464 g/mol. The van der Waals surface area contributed by atoms with Crippen molar-refractivity contribution >= 4 is 38.0 Å². The van der Waals surface area contributed by atoms with E-state index in [1.54, 1.807) is 13.0 Å². The number of thiazole rings is 1. The molecular formula is C20H25N5O4S2. The highest BCUT2D eigenvalue weighted by atomic mass is 32.2. The van der Waals surface area contributed by atoms with Crippen molar-refractivity contribution in [2.75, 3.05) is 17.2 Å². The van der Waals surface area contributed by atoms with Crippen LogP contribution >= 0.6 is 11.3 Å². The lowest BCUT2D eigenvalue weighted by atomic mass is 10.2. The van der Waals surface area contributed by atoms with Crippen molar-refractivity contribution in [3.63, 3.8) is 0 Å². The van der Waals surface area contributed by atoms with Crippen LogP contribution in [0.3, 0.4) is 0 Å². The van der Waals surface area contributed by atoms with E-state index >= 15 is 0 Å². The van der Waals surface area contributed by atoms with E-state index in [-0.39, 0.29) is 10.3 Å². The summed E-state index contributed by atoms with van der Waals surface area (Å²) in [6.45, 7) is 8.12. The maximum absolute atomic E-state index is 12.6. The Hall–Kier alpha value is -2.92. The molecule has 0 saturated heterocycles. The quantitative estimate of drug-likeness (QED) is 0.455. The summed E-state index contributed by atoms with van der Waals surface area (Å²) in [5, 5.41) is 4.72. The smallest absolute Gasteiger partial charge is 0.325 e. The van der Waals surface area contributed by atoms with Gasteiger partial charge in [0.25, 0.3) is 0 Å². The number of nitrogens with one attached hydrogen (secondary N) is 3. The number of aromatic nitrogens is 3. The van der Waals surface area contributed by atoms with Crippen LogP contribution in [0.2, 0.25) is 0 Å². The number of amides is 2. The first-order valence-corrected chi connectivity index (χ1v) is 12.0. The number of aryl methyl sites for hydroxylation is 1. The van der Waals surface area contributed by atoms with Gasteiger partial charge in [0.05, 0.1) is 12.3 Å². The number of anilines is 2. The molecule has 0 saturated carbocycles. The van der Waals surface area contributed by atoms with Crippen LogP contribution in [0.25, 0.3) is 0 Å². The predicted molar refractivity (Wildman–Crippen MR) is 120 cm³/mol. The predicted octanol–water partition coefficient (Wildman–Crippen LogP) is 4.39. The molecule has 1 unspecified atom stereocenters. The molecule has 2 aromatic heterocycles. The molecule has 9 nitrogen and oxygen atoms in total. The van der Waals surface area contributed by atoms with E-state index in [0.29, 0.717) is 28.8 Å². The third-order valence-corrected chi connectivity index (χ3v) is 7.50. The van der Waals surface area contributed by atoms with Crippen LogP contribution in [0.4, 0.5) is 15.6 Å². The fourth-order valence-electron chi connectivity index (χ4n) is 2.62. The minimum Gasteiger partial charge on any atom is -0.491 e. The Balaban J connectivity index is 1.68. The van der Waals surface area contributed by atoms with E-state index in [4.69, 9.17) is 4.74 Å². The lowest BCUT2D eigenvalue weighted by molar-refractivity contribution is 0.260. The molecule has 0 radical (unpaired) electrons. The number of benzene rings is 1. The second-order valence-electron chi connectivity index (χ2n) is 7.43. The summed E-state index contributed by atoms with van der Waals surface area (Å²) in [5.41, 5.74) is 1.55. The molecule has 0 bridgehead atoms. The molecule has 11 heteroatoms. The van der Waals surface area contributed by atoms with Gasteiger partial charge in [0.2, 0.25) is 15.0 Å². The van der Waals surface area contributed by atoms with Gasteiger partial charge in [-0.15, -0.1) is 11.3 Å². The van der Waals surface area contributed by atoms with Gasteiger partial charge in [-0.3, -0.25) is 5.32 Å². The summed E-state index contributed by atoms with van der Waals surface area (Å²) in [4.78, 5) is 23.5. The van der Waals surface area contributed by atoms with Crippen LogP contribution in [0, 0.1) is 12.8 Å². The number of imidazole rings is 1. The van der Waals surface area contributed by atoms with Crippen molar-refractivity contribution < 1.29 is 17.9 Å². The highest BCUT2D eigenvalue weighted by molar-refractivity contribution is 7.91. The van der Waals surface area contributed by atoms with Crippen LogP contribution in [-0.2, 0) is 9.84 Å². The summed E-state index contributed by atoms with van der Waals surface area (Å²) in [7, 11) is -3.68. The molecule has 2 amide bonds. The van der Waals surface area contributed by atoms with Gasteiger partial charge in [-0.1, -0.05) is 19.9 Å². The van der Waals surface area contributed by atoms with Crippen molar-refractivity contribution in [1.82, 2.24) is 15.0 Å². The Kier molecular flexibility index (Phi) is 6.96. The standard InChI is InChI=1S/C20H25N5O4S2/c1-12(2)11-29-16-9-13(3)5-6-15(16)24-18(26)25-19-23-10-17(30-19)14(4)31(27,28)20-21-7-8-22-20/h5-10,12,14H,11H2,1-4H3,(H,21,22)(H2,23,24,25,26). The molecule has 0 spiro atoms. The Bertz CT molecular complexity index is 1140. The van der Waals surface area contributed by atoms with E-state index < -0.39 is 21.1 Å². The highest BCUT2D eigenvalue weighted by Gasteiger charge is 2.29. The van der Waals surface area contributed by atoms with Crippen molar-refractivity contribution in [3.8, 4) is 5.75 Å². The van der Waals surface area contributed by atoms with Crippen LogP contribution in [0.1, 0.15) is 36.5 Å². The monoisotopic (exact) mass is 463 g/mol. The second-order valence-corrected chi connectivity index (χ2v) is 10.7. The summed E-state index contributed by atoms with van der Waals surface area (Å²) < 4.78 is 31.0. The van der Waals surface area contributed by atoms with Crippen LogP contribution < -0.4 is 15.4 Å². The molecule has 0 aliphatic rings. The Morgan fingerprint density at radius 2 is 2.00 bits per heavy atom. The fraction of sp³-hybridized carbons (Fsp3) is 0.350. The zero-order valence-corrected chi connectivity index (χ0v) is 19.3. The number of hydrogen-bond acceptors (Lipinski definition) is 7. The molecule has 3 aromatic rings. The Labute approximate surface area is 185 Å². The Morgan fingerprint density at radius 1 is 1.23 bits per heavy atom. The van der Waals surface area contributed by atoms with Crippen molar-refractivity contribution in [1.29, 1.82) is 0 Å². The zero-order chi connectivity index (χ0) is 22.6. The zero-order valence-electron chi connectivity index (χ0n) is 17.7. The molecule has 166 valence electrons. The number of aromatic amines is 1. The minimum absolute atomic E-state index is 0.103. The number of sulfone groups is 1. The van der Waals surface area contributed by atoms with Gasteiger partial charge in [0.1, 0.15) is 11.0 Å². The third kappa shape index (κ3) is 5.61. The van der Waals surface area contributed by atoms with Crippen LogP contribution in [0.15, 0.2) is 41.9 Å². The number of ether oxygens (including phenoxy) is 1. The van der Waals surface area contributed by atoms with E-state index in [1.165, 1.54) is 18.6 Å². The van der Waals surface area contributed by atoms with Gasteiger partial charge in [0.15, 0.2) is 5.13 Å². The average Bonchev–Trinajstić information content (AvgIpc) is 3.40. The van der Waals surface area contributed by atoms with Gasteiger partial charge in [0, 0.05) is 23.5 Å². The first kappa shape index (κ1) is 22.8. The molecule has 1 aromatic carbocycles. The first-order valence-electron chi connectivity index (χ1n) is 9.67. The molecule has 1 atom stereocenters. The molecule has 2 heterocycles. The van der Waals surface area contributed by atoms with E-state index in [0.717, 1.165) is 16.9 Å². The van der Waals surface area contributed by atoms with Crippen LogP contribution in [-0.4, -0.2) is 36.0 Å². The number of carbonyl (C=O) groups excluding carboxylic acids is 1. The highest BCUT2D eigenvalue weighted by Crippen LogP contribution is 2.32. The van der Waals surface area contributed by atoms with Gasteiger partial charge in [-0.05, 0) is 37.5 Å². The lowest BCUT2D eigenvalue weighted by Crippen LogP contribution is -2.20.